The summed E-state index contributed by atoms with van der Waals surface area (Å²) in [7, 11) is 0. The number of thioether (sulfide) groups is 2. The van der Waals surface area contributed by atoms with E-state index in [1.165, 1.54) is 11.8 Å². The summed E-state index contributed by atoms with van der Waals surface area (Å²) in [5, 5.41) is 12.7. The molecular weight excluding hydrogens is 314 g/mol. The number of amides is 1. The Bertz CT molecular complexity index is 424. The molecule has 0 heterocycles. The van der Waals surface area contributed by atoms with Gasteiger partial charge in [0.25, 0.3) is 0 Å². The molecule has 6 heteroatoms. The fourth-order valence-electron chi connectivity index (χ4n) is 1.64. The maximum absolute atomic E-state index is 12.1. The molecule has 1 aromatic rings. The maximum atomic E-state index is 12.1. The lowest BCUT2D eigenvalue weighted by Gasteiger charge is -2.23. The first-order valence-electron chi connectivity index (χ1n) is 6.34. The second-order valence-corrected chi connectivity index (χ2v) is 7.40. The maximum Gasteiger partial charge on any atom is 0.233 e. The Balaban J connectivity index is 2.52. The van der Waals surface area contributed by atoms with Crippen LogP contribution >= 0.6 is 35.1 Å². The second-order valence-electron chi connectivity index (χ2n) is 4.47. The number of aliphatic hydroxyl groups is 1. The molecule has 0 saturated carbocycles. The molecule has 0 radical (unpaired) electrons. The number of halogens is 1. The van der Waals surface area contributed by atoms with Crippen molar-refractivity contribution in [2.45, 2.75) is 35.3 Å². The third-order valence-corrected chi connectivity index (χ3v) is 5.43. The van der Waals surface area contributed by atoms with Crippen molar-refractivity contribution in [3.05, 3.63) is 29.3 Å². The van der Waals surface area contributed by atoms with Crippen LogP contribution in [0.4, 0.5) is 0 Å². The van der Waals surface area contributed by atoms with Crippen LogP contribution in [0.15, 0.2) is 29.2 Å². The number of carbonyl (C=O) groups excluding carboxylic acids is 1. The van der Waals surface area contributed by atoms with Gasteiger partial charge in [-0.25, -0.2) is 0 Å². The normalized spacial score (nSPS) is 15.4. The van der Waals surface area contributed by atoms with E-state index in [1.807, 2.05) is 44.4 Å². The summed E-state index contributed by atoms with van der Waals surface area (Å²) in [5.74, 6) is -0.0232. The van der Waals surface area contributed by atoms with Crippen molar-refractivity contribution in [3.63, 3.8) is 0 Å². The molecule has 1 rings (SSSR count). The van der Waals surface area contributed by atoms with Gasteiger partial charge in [-0.2, -0.15) is 11.8 Å². The quantitative estimate of drug-likeness (QED) is 0.753. The summed E-state index contributed by atoms with van der Waals surface area (Å²) in [5.41, 5.74) is 0. The Hall–Kier alpha value is -0.360. The number of nitrogens with one attached hydrogen (secondary N) is 1. The van der Waals surface area contributed by atoms with Gasteiger partial charge in [-0.3, -0.25) is 4.79 Å². The van der Waals surface area contributed by atoms with Gasteiger partial charge in [0.05, 0.1) is 11.9 Å². The molecule has 0 aromatic heterocycles. The van der Waals surface area contributed by atoms with Crippen LogP contribution in [0.1, 0.15) is 13.8 Å². The van der Waals surface area contributed by atoms with Gasteiger partial charge in [0, 0.05) is 21.2 Å². The average molecular weight is 334 g/mol. The first-order chi connectivity index (χ1) is 9.47. The molecule has 0 fully saturated rings. The predicted octanol–water partition coefficient (Wildman–Crippen LogP) is 3.05. The highest BCUT2D eigenvalue weighted by Gasteiger charge is 2.21. The Labute approximate surface area is 133 Å². The van der Waals surface area contributed by atoms with E-state index < -0.39 is 0 Å². The van der Waals surface area contributed by atoms with Crippen molar-refractivity contribution >= 4 is 41.0 Å². The summed E-state index contributed by atoms with van der Waals surface area (Å²) >= 11 is 8.87. The summed E-state index contributed by atoms with van der Waals surface area (Å²) in [4.78, 5) is 13.1. The topological polar surface area (TPSA) is 49.3 Å². The largest absolute Gasteiger partial charge is 0.395 e. The highest BCUT2D eigenvalue weighted by Crippen LogP contribution is 2.25. The van der Waals surface area contributed by atoms with Crippen molar-refractivity contribution in [3.8, 4) is 0 Å². The van der Waals surface area contributed by atoms with Gasteiger partial charge in [0.15, 0.2) is 0 Å². The van der Waals surface area contributed by atoms with E-state index in [2.05, 4.69) is 5.32 Å². The lowest BCUT2D eigenvalue weighted by atomic mass is 10.2. The molecule has 0 spiro atoms. The van der Waals surface area contributed by atoms with E-state index in [9.17, 15) is 9.90 Å². The molecule has 3 atom stereocenters. The molecule has 0 aliphatic carbocycles. The van der Waals surface area contributed by atoms with Crippen molar-refractivity contribution in [1.29, 1.82) is 0 Å². The fraction of sp³-hybridized carbons (Fsp3) is 0.500. The number of aliphatic hydroxyl groups excluding tert-OH is 1. The van der Waals surface area contributed by atoms with Gasteiger partial charge < -0.3 is 10.4 Å². The Morgan fingerprint density at radius 1 is 1.35 bits per heavy atom. The van der Waals surface area contributed by atoms with Gasteiger partial charge in [0.1, 0.15) is 0 Å². The van der Waals surface area contributed by atoms with Crippen LogP contribution in [0.5, 0.6) is 0 Å². The van der Waals surface area contributed by atoms with Gasteiger partial charge in [0.2, 0.25) is 5.91 Å². The first kappa shape index (κ1) is 17.7. The minimum absolute atomic E-state index is 0.0201. The number of rotatable bonds is 7. The van der Waals surface area contributed by atoms with Crippen molar-refractivity contribution < 1.29 is 9.90 Å². The van der Waals surface area contributed by atoms with Crippen LogP contribution in [0.25, 0.3) is 0 Å². The highest BCUT2D eigenvalue weighted by atomic mass is 35.5. The van der Waals surface area contributed by atoms with Crippen LogP contribution in [0, 0.1) is 0 Å². The summed E-state index contributed by atoms with van der Waals surface area (Å²) < 4.78 is 0. The minimum Gasteiger partial charge on any atom is -0.395 e. The standard InChI is InChI=1S/C14H20ClNO2S2/c1-9(13(8-17)19-3)16-14(18)10(2)20-12-6-4-11(15)5-7-12/h4-7,9-10,13,17H,8H2,1-3H3,(H,16,18). The zero-order chi connectivity index (χ0) is 15.1. The predicted molar refractivity (Wildman–Crippen MR) is 88.8 cm³/mol. The van der Waals surface area contributed by atoms with E-state index >= 15 is 0 Å². The van der Waals surface area contributed by atoms with Crippen LogP contribution in [-0.4, -0.2) is 40.4 Å². The lowest BCUT2D eigenvalue weighted by molar-refractivity contribution is -0.120. The molecule has 0 bridgehead atoms. The third kappa shape index (κ3) is 5.56. The Kier molecular flexibility index (Phi) is 7.80. The number of carbonyl (C=O) groups is 1. The number of hydrogen-bond donors (Lipinski definition) is 2. The lowest BCUT2D eigenvalue weighted by Crippen LogP contribution is -2.44. The zero-order valence-corrected chi connectivity index (χ0v) is 14.2. The number of benzene rings is 1. The first-order valence-corrected chi connectivity index (χ1v) is 8.88. The summed E-state index contributed by atoms with van der Waals surface area (Å²) in [6, 6.07) is 7.37. The zero-order valence-electron chi connectivity index (χ0n) is 11.8. The molecule has 0 saturated heterocycles. The molecule has 2 N–H and O–H groups in total. The molecule has 3 unspecified atom stereocenters. The molecule has 112 valence electrons. The van der Waals surface area contributed by atoms with Crippen LogP contribution in [0.3, 0.4) is 0 Å². The van der Waals surface area contributed by atoms with E-state index in [-0.39, 0.29) is 29.1 Å². The molecular formula is C14H20ClNO2S2. The monoisotopic (exact) mass is 333 g/mol. The van der Waals surface area contributed by atoms with Crippen LogP contribution in [0.2, 0.25) is 5.02 Å². The average Bonchev–Trinajstić information content (AvgIpc) is 2.42. The fourth-order valence-corrected chi connectivity index (χ4v) is 3.27. The SMILES string of the molecule is CSC(CO)C(C)NC(=O)C(C)Sc1ccc(Cl)cc1. The minimum atomic E-state index is -0.195. The molecule has 0 aliphatic heterocycles. The van der Waals surface area contributed by atoms with E-state index in [1.54, 1.807) is 11.8 Å². The van der Waals surface area contributed by atoms with Crippen molar-refractivity contribution in [1.82, 2.24) is 5.32 Å². The third-order valence-electron chi connectivity index (χ3n) is 2.91. The summed E-state index contributed by atoms with van der Waals surface area (Å²) in [6.07, 6.45) is 1.93. The molecule has 1 aromatic carbocycles. The molecule has 3 nitrogen and oxygen atoms in total. The van der Waals surface area contributed by atoms with Gasteiger partial charge >= 0.3 is 0 Å². The van der Waals surface area contributed by atoms with E-state index in [4.69, 9.17) is 11.6 Å². The smallest absolute Gasteiger partial charge is 0.233 e. The second kappa shape index (κ2) is 8.82. The van der Waals surface area contributed by atoms with Gasteiger partial charge in [-0.1, -0.05) is 11.6 Å². The van der Waals surface area contributed by atoms with Gasteiger partial charge in [-0.05, 0) is 44.4 Å². The van der Waals surface area contributed by atoms with Crippen molar-refractivity contribution in [2.75, 3.05) is 12.9 Å². The van der Waals surface area contributed by atoms with Crippen LogP contribution in [-0.2, 0) is 4.79 Å². The Morgan fingerprint density at radius 2 is 1.95 bits per heavy atom. The molecule has 1 amide bonds. The molecule has 0 aliphatic rings. The highest BCUT2D eigenvalue weighted by molar-refractivity contribution is 8.00. The van der Waals surface area contributed by atoms with Crippen LogP contribution < -0.4 is 5.32 Å². The van der Waals surface area contributed by atoms with Gasteiger partial charge in [-0.15, -0.1) is 11.8 Å². The van der Waals surface area contributed by atoms with E-state index in [0.29, 0.717) is 5.02 Å². The number of hydrogen-bond acceptors (Lipinski definition) is 4. The Morgan fingerprint density at radius 3 is 2.45 bits per heavy atom. The van der Waals surface area contributed by atoms with E-state index in [0.717, 1.165) is 4.90 Å². The summed E-state index contributed by atoms with van der Waals surface area (Å²) in [6.45, 7) is 3.84. The molecule has 20 heavy (non-hydrogen) atoms. The van der Waals surface area contributed by atoms with Crippen molar-refractivity contribution in [2.24, 2.45) is 0 Å².